The highest BCUT2D eigenvalue weighted by atomic mass is 19.1. The van der Waals surface area contributed by atoms with Gasteiger partial charge in [0.15, 0.2) is 11.5 Å². The van der Waals surface area contributed by atoms with Gasteiger partial charge in [-0.1, -0.05) is 18.2 Å². The van der Waals surface area contributed by atoms with Crippen molar-refractivity contribution < 1.29 is 13.6 Å². The van der Waals surface area contributed by atoms with Gasteiger partial charge in [-0.05, 0) is 18.2 Å². The summed E-state index contributed by atoms with van der Waals surface area (Å²) in [5.74, 6) is -1.32. The standard InChI is InChI=1S/C16H14F2N4O/c17-10-4-3-5-11(18)9(10)8-20-16(23)14-15(19)22-13-7-2-1-6-12(13)21-14/h1-4,6-7,11H,5,8H2,(H2,19,22)(H,20,23). The SMILES string of the molecule is Nc1nc2ccccc2nc1C(=O)NCC1=C(F)C=CCC1F. The van der Waals surface area contributed by atoms with Crippen molar-refractivity contribution in [2.75, 3.05) is 12.3 Å². The van der Waals surface area contributed by atoms with Gasteiger partial charge in [-0.25, -0.2) is 18.7 Å². The maximum absolute atomic E-state index is 13.7. The zero-order valence-electron chi connectivity index (χ0n) is 12.1. The number of rotatable bonds is 3. The molecule has 0 aliphatic heterocycles. The van der Waals surface area contributed by atoms with E-state index >= 15 is 0 Å². The number of alkyl halides is 1. The van der Waals surface area contributed by atoms with Crippen LogP contribution in [-0.2, 0) is 0 Å². The van der Waals surface area contributed by atoms with Gasteiger partial charge in [-0.2, -0.15) is 0 Å². The van der Waals surface area contributed by atoms with E-state index in [1.165, 1.54) is 12.2 Å². The van der Waals surface area contributed by atoms with Crippen molar-refractivity contribution >= 4 is 22.8 Å². The van der Waals surface area contributed by atoms with Crippen LogP contribution in [0.25, 0.3) is 11.0 Å². The number of amides is 1. The lowest BCUT2D eigenvalue weighted by Gasteiger charge is -2.16. The average Bonchev–Trinajstić information content (AvgIpc) is 2.53. The Balaban J connectivity index is 1.81. The van der Waals surface area contributed by atoms with Gasteiger partial charge in [0.05, 0.1) is 11.0 Å². The number of nitrogens with zero attached hydrogens (tertiary/aromatic N) is 2. The molecular weight excluding hydrogens is 302 g/mol. The van der Waals surface area contributed by atoms with E-state index in [2.05, 4.69) is 15.3 Å². The van der Waals surface area contributed by atoms with E-state index in [-0.39, 0.29) is 30.1 Å². The molecule has 1 aliphatic carbocycles. The molecule has 0 fully saturated rings. The van der Waals surface area contributed by atoms with E-state index in [0.717, 1.165) is 0 Å². The number of carbonyl (C=O) groups is 1. The molecule has 3 rings (SSSR count). The van der Waals surface area contributed by atoms with Crippen LogP contribution in [0.15, 0.2) is 47.8 Å². The van der Waals surface area contributed by atoms with E-state index in [9.17, 15) is 13.6 Å². The van der Waals surface area contributed by atoms with E-state index in [4.69, 9.17) is 5.73 Å². The summed E-state index contributed by atoms with van der Waals surface area (Å²) in [4.78, 5) is 20.4. The normalized spacial score (nSPS) is 17.6. The third-order valence-electron chi connectivity index (χ3n) is 3.54. The van der Waals surface area contributed by atoms with Crippen molar-refractivity contribution in [3.05, 3.63) is 53.5 Å². The lowest BCUT2D eigenvalue weighted by atomic mass is 10.0. The first-order chi connectivity index (χ1) is 11.1. The molecule has 1 aromatic carbocycles. The van der Waals surface area contributed by atoms with Gasteiger partial charge >= 0.3 is 0 Å². The summed E-state index contributed by atoms with van der Waals surface area (Å²) in [6.45, 7) is -0.246. The van der Waals surface area contributed by atoms with E-state index in [1.54, 1.807) is 24.3 Å². The van der Waals surface area contributed by atoms with Crippen LogP contribution in [0.4, 0.5) is 14.6 Å². The van der Waals surface area contributed by atoms with Crippen LogP contribution in [0.1, 0.15) is 16.9 Å². The summed E-state index contributed by atoms with van der Waals surface area (Å²) in [6, 6.07) is 6.97. The Bertz CT molecular complexity index is 832. The third-order valence-corrected chi connectivity index (χ3v) is 3.54. The molecule has 1 heterocycles. The first-order valence-electron chi connectivity index (χ1n) is 7.06. The second-order valence-electron chi connectivity index (χ2n) is 5.11. The number of nitrogens with two attached hydrogens (primary N) is 1. The highest BCUT2D eigenvalue weighted by molar-refractivity contribution is 5.98. The van der Waals surface area contributed by atoms with Crippen molar-refractivity contribution in [3.63, 3.8) is 0 Å². The second kappa shape index (κ2) is 6.12. The number of para-hydroxylation sites is 2. The van der Waals surface area contributed by atoms with Crippen LogP contribution in [0, 0.1) is 0 Å². The number of allylic oxidation sites excluding steroid dienone is 3. The zero-order chi connectivity index (χ0) is 16.4. The van der Waals surface area contributed by atoms with Crippen LogP contribution < -0.4 is 11.1 Å². The predicted molar refractivity (Wildman–Crippen MR) is 83.1 cm³/mol. The molecule has 0 saturated heterocycles. The number of aromatic nitrogens is 2. The van der Waals surface area contributed by atoms with Gasteiger partial charge in [0.25, 0.3) is 5.91 Å². The number of fused-ring (bicyclic) bond motifs is 1. The predicted octanol–water partition coefficient (Wildman–Crippen LogP) is 2.46. The van der Waals surface area contributed by atoms with Crippen molar-refractivity contribution in [2.45, 2.75) is 12.6 Å². The molecule has 1 atom stereocenters. The fourth-order valence-corrected chi connectivity index (χ4v) is 2.33. The highest BCUT2D eigenvalue weighted by Gasteiger charge is 2.21. The molecule has 1 unspecified atom stereocenters. The molecule has 2 aromatic rings. The summed E-state index contributed by atoms with van der Waals surface area (Å²) < 4.78 is 27.3. The van der Waals surface area contributed by atoms with Gasteiger partial charge in [0, 0.05) is 18.5 Å². The van der Waals surface area contributed by atoms with Crippen molar-refractivity contribution in [1.29, 1.82) is 0 Å². The minimum Gasteiger partial charge on any atom is -0.382 e. The van der Waals surface area contributed by atoms with E-state index < -0.39 is 17.9 Å². The second-order valence-corrected chi connectivity index (χ2v) is 5.11. The van der Waals surface area contributed by atoms with Crippen LogP contribution >= 0.6 is 0 Å². The molecule has 1 aliphatic rings. The molecule has 0 bridgehead atoms. The smallest absolute Gasteiger partial charge is 0.274 e. The van der Waals surface area contributed by atoms with Gasteiger partial charge in [0.1, 0.15) is 12.0 Å². The van der Waals surface area contributed by atoms with Crippen LogP contribution in [0.5, 0.6) is 0 Å². The Hall–Kier alpha value is -2.83. The maximum atomic E-state index is 13.7. The Morgan fingerprint density at radius 2 is 2.00 bits per heavy atom. The fraction of sp³-hybridized carbons (Fsp3) is 0.188. The van der Waals surface area contributed by atoms with Crippen LogP contribution in [0.3, 0.4) is 0 Å². The lowest BCUT2D eigenvalue weighted by molar-refractivity contribution is 0.0951. The summed E-state index contributed by atoms with van der Waals surface area (Å²) >= 11 is 0. The summed E-state index contributed by atoms with van der Waals surface area (Å²) in [7, 11) is 0. The number of benzene rings is 1. The first-order valence-corrected chi connectivity index (χ1v) is 7.06. The van der Waals surface area contributed by atoms with Crippen molar-refractivity contribution in [2.24, 2.45) is 0 Å². The number of halogens is 2. The molecule has 0 radical (unpaired) electrons. The minimum atomic E-state index is -1.44. The number of anilines is 1. The monoisotopic (exact) mass is 316 g/mol. The van der Waals surface area contributed by atoms with Crippen LogP contribution in [0.2, 0.25) is 0 Å². The molecule has 7 heteroatoms. The largest absolute Gasteiger partial charge is 0.382 e. The van der Waals surface area contributed by atoms with E-state index in [1.807, 2.05) is 0 Å². The summed E-state index contributed by atoms with van der Waals surface area (Å²) in [5, 5.41) is 2.44. The van der Waals surface area contributed by atoms with Gasteiger partial charge in [0.2, 0.25) is 0 Å². The van der Waals surface area contributed by atoms with Gasteiger partial charge in [-0.15, -0.1) is 0 Å². The Kier molecular flexibility index (Phi) is 4.01. The van der Waals surface area contributed by atoms with E-state index in [0.29, 0.717) is 11.0 Å². The lowest BCUT2D eigenvalue weighted by Crippen LogP contribution is -2.30. The molecule has 1 aromatic heterocycles. The number of nitrogens with one attached hydrogen (secondary N) is 1. The maximum Gasteiger partial charge on any atom is 0.274 e. The number of carbonyl (C=O) groups excluding carboxylic acids is 1. The molecule has 0 saturated carbocycles. The highest BCUT2D eigenvalue weighted by Crippen LogP contribution is 2.23. The average molecular weight is 316 g/mol. The quantitative estimate of drug-likeness (QED) is 0.911. The number of nitrogen functional groups attached to an aromatic ring is 1. The third kappa shape index (κ3) is 3.03. The van der Waals surface area contributed by atoms with Gasteiger partial charge in [-0.3, -0.25) is 4.79 Å². The van der Waals surface area contributed by atoms with Crippen LogP contribution in [-0.4, -0.2) is 28.6 Å². The number of hydrogen-bond donors (Lipinski definition) is 2. The Morgan fingerprint density at radius 1 is 1.30 bits per heavy atom. The molecule has 3 N–H and O–H groups in total. The van der Waals surface area contributed by atoms with Gasteiger partial charge < -0.3 is 11.1 Å². The van der Waals surface area contributed by atoms with Crippen molar-refractivity contribution in [1.82, 2.24) is 15.3 Å². The Labute approximate surface area is 130 Å². The Morgan fingerprint density at radius 3 is 2.70 bits per heavy atom. The molecule has 1 amide bonds. The zero-order valence-corrected chi connectivity index (χ0v) is 12.1. The van der Waals surface area contributed by atoms with Crippen molar-refractivity contribution in [3.8, 4) is 0 Å². The fourth-order valence-electron chi connectivity index (χ4n) is 2.33. The molecule has 118 valence electrons. The first kappa shape index (κ1) is 15.1. The topological polar surface area (TPSA) is 80.9 Å². The molecular formula is C16H14F2N4O. The molecule has 5 nitrogen and oxygen atoms in total. The number of hydrogen-bond acceptors (Lipinski definition) is 4. The molecule has 0 spiro atoms. The summed E-state index contributed by atoms with van der Waals surface area (Å²) in [5.41, 5.74) is 6.67. The summed E-state index contributed by atoms with van der Waals surface area (Å²) in [6.07, 6.45) is 1.26. The molecule has 23 heavy (non-hydrogen) atoms. The minimum absolute atomic E-state index is 0.0315.